The first kappa shape index (κ1) is 14.5. The van der Waals surface area contributed by atoms with Crippen LogP contribution in [0.2, 0.25) is 4.34 Å². The Balaban J connectivity index is 1.79. The fourth-order valence-electron chi connectivity index (χ4n) is 1.67. The average Bonchev–Trinajstić information content (AvgIpc) is 2.98. The highest BCUT2D eigenvalue weighted by molar-refractivity contribution is 7.14. The average molecular weight is 300 g/mol. The van der Waals surface area contributed by atoms with E-state index in [1.54, 1.807) is 11.3 Å². The first-order valence-corrected chi connectivity index (χ1v) is 7.62. The second-order valence-corrected chi connectivity index (χ2v) is 6.35. The van der Waals surface area contributed by atoms with Crippen LogP contribution in [0, 0.1) is 0 Å². The molecule has 0 aliphatic carbocycles. The third kappa shape index (κ3) is 4.03. The van der Waals surface area contributed by atoms with Crippen molar-refractivity contribution in [3.05, 3.63) is 33.1 Å². The molecule has 2 heterocycles. The number of hydrogen-bond acceptors (Lipinski definition) is 5. The Kier molecular flexibility index (Phi) is 4.96. The van der Waals surface area contributed by atoms with Gasteiger partial charge in [0.1, 0.15) is 0 Å². The molecule has 104 valence electrons. The zero-order chi connectivity index (χ0) is 13.8. The molecule has 0 saturated carbocycles. The van der Waals surface area contributed by atoms with Crippen LogP contribution in [0.5, 0.6) is 0 Å². The second kappa shape index (κ2) is 6.50. The van der Waals surface area contributed by atoms with Crippen LogP contribution < -0.4 is 5.32 Å². The molecule has 0 amide bonds. The maximum atomic E-state index is 5.92. The van der Waals surface area contributed by atoms with Crippen LogP contribution in [0.1, 0.15) is 50.0 Å². The van der Waals surface area contributed by atoms with E-state index < -0.39 is 0 Å². The monoisotopic (exact) mass is 299 g/mol. The minimum absolute atomic E-state index is 0.274. The van der Waals surface area contributed by atoms with Crippen LogP contribution in [-0.4, -0.2) is 16.7 Å². The van der Waals surface area contributed by atoms with Gasteiger partial charge in [0, 0.05) is 24.9 Å². The lowest BCUT2D eigenvalue weighted by atomic mass is 10.2. The molecular weight excluding hydrogens is 282 g/mol. The number of nitrogens with zero attached hydrogens (tertiary/aromatic N) is 2. The van der Waals surface area contributed by atoms with Gasteiger partial charge in [-0.1, -0.05) is 30.6 Å². The number of aromatic nitrogens is 2. The van der Waals surface area contributed by atoms with Gasteiger partial charge in [0.2, 0.25) is 5.89 Å². The predicted octanol–water partition coefficient (Wildman–Crippen LogP) is 3.80. The topological polar surface area (TPSA) is 51.0 Å². The van der Waals surface area contributed by atoms with Crippen molar-refractivity contribution >= 4 is 22.9 Å². The Hall–Kier alpha value is -0.910. The van der Waals surface area contributed by atoms with Crippen molar-refractivity contribution in [3.8, 4) is 0 Å². The minimum Gasteiger partial charge on any atom is -0.339 e. The number of rotatable bonds is 6. The number of nitrogens with one attached hydrogen (secondary N) is 1. The summed E-state index contributed by atoms with van der Waals surface area (Å²) < 4.78 is 6.02. The Labute approximate surface area is 122 Å². The SMILES string of the molecule is CC(C)c1noc(CCNC(C)c2csc(Cl)c2)n1. The largest absolute Gasteiger partial charge is 0.339 e. The molecule has 2 aromatic rings. The summed E-state index contributed by atoms with van der Waals surface area (Å²) in [7, 11) is 0. The van der Waals surface area contributed by atoms with Crippen molar-refractivity contribution in [2.75, 3.05) is 6.54 Å². The summed E-state index contributed by atoms with van der Waals surface area (Å²) in [6, 6.07) is 2.27. The quantitative estimate of drug-likeness (QED) is 0.881. The predicted molar refractivity (Wildman–Crippen MR) is 77.8 cm³/mol. The van der Waals surface area contributed by atoms with Gasteiger partial charge in [0.15, 0.2) is 5.82 Å². The summed E-state index contributed by atoms with van der Waals surface area (Å²) in [6.45, 7) is 7.02. The van der Waals surface area contributed by atoms with E-state index in [0.717, 1.165) is 23.1 Å². The highest BCUT2D eigenvalue weighted by Crippen LogP contribution is 2.24. The van der Waals surface area contributed by atoms with Crippen LogP contribution in [-0.2, 0) is 6.42 Å². The molecule has 0 fully saturated rings. The Bertz CT molecular complexity index is 523. The summed E-state index contributed by atoms with van der Waals surface area (Å²) in [6.07, 6.45) is 0.738. The summed E-state index contributed by atoms with van der Waals surface area (Å²) in [4.78, 5) is 4.35. The number of thiophene rings is 1. The molecule has 4 nitrogen and oxygen atoms in total. The number of halogens is 1. The molecule has 6 heteroatoms. The molecule has 2 aromatic heterocycles. The molecule has 0 aliphatic rings. The Morgan fingerprint density at radius 1 is 1.42 bits per heavy atom. The summed E-state index contributed by atoms with van der Waals surface area (Å²) >= 11 is 7.48. The zero-order valence-electron chi connectivity index (χ0n) is 11.3. The van der Waals surface area contributed by atoms with E-state index in [1.807, 2.05) is 6.07 Å². The van der Waals surface area contributed by atoms with E-state index in [0.29, 0.717) is 11.8 Å². The molecule has 0 aromatic carbocycles. The van der Waals surface area contributed by atoms with E-state index in [-0.39, 0.29) is 6.04 Å². The molecule has 0 radical (unpaired) electrons. The van der Waals surface area contributed by atoms with Crippen molar-refractivity contribution in [3.63, 3.8) is 0 Å². The van der Waals surface area contributed by atoms with Gasteiger partial charge in [-0.2, -0.15) is 4.98 Å². The molecule has 0 saturated heterocycles. The lowest BCUT2D eigenvalue weighted by Crippen LogP contribution is -2.21. The smallest absolute Gasteiger partial charge is 0.227 e. The Morgan fingerprint density at radius 3 is 2.79 bits per heavy atom. The number of hydrogen-bond donors (Lipinski definition) is 1. The standard InChI is InChI=1S/C13H18ClN3OS/c1-8(2)13-16-12(18-17-13)4-5-15-9(3)10-6-11(14)19-7-10/h6-9,15H,4-5H2,1-3H3. The third-order valence-electron chi connectivity index (χ3n) is 2.88. The van der Waals surface area contributed by atoms with Crippen molar-refractivity contribution in [1.29, 1.82) is 0 Å². The van der Waals surface area contributed by atoms with Crippen LogP contribution >= 0.6 is 22.9 Å². The van der Waals surface area contributed by atoms with E-state index >= 15 is 0 Å². The first-order valence-electron chi connectivity index (χ1n) is 6.36. The summed E-state index contributed by atoms with van der Waals surface area (Å²) in [5.74, 6) is 1.76. The molecule has 0 aliphatic heterocycles. The fourth-order valence-corrected chi connectivity index (χ4v) is 2.65. The normalized spacial score (nSPS) is 13.1. The third-order valence-corrected chi connectivity index (χ3v) is 3.99. The van der Waals surface area contributed by atoms with Crippen LogP contribution in [0.3, 0.4) is 0 Å². The second-order valence-electron chi connectivity index (χ2n) is 4.81. The van der Waals surface area contributed by atoms with Gasteiger partial charge < -0.3 is 9.84 Å². The first-order chi connectivity index (χ1) is 9.06. The zero-order valence-corrected chi connectivity index (χ0v) is 12.9. The molecule has 0 bridgehead atoms. The molecular formula is C13H18ClN3OS. The van der Waals surface area contributed by atoms with E-state index in [2.05, 4.69) is 41.6 Å². The van der Waals surface area contributed by atoms with Gasteiger partial charge in [-0.15, -0.1) is 11.3 Å². The maximum Gasteiger partial charge on any atom is 0.227 e. The molecule has 1 unspecified atom stereocenters. The van der Waals surface area contributed by atoms with Crippen LogP contribution in [0.4, 0.5) is 0 Å². The highest BCUT2D eigenvalue weighted by atomic mass is 35.5. The van der Waals surface area contributed by atoms with Crippen molar-refractivity contribution in [1.82, 2.24) is 15.5 Å². The molecule has 2 rings (SSSR count). The maximum absolute atomic E-state index is 5.92. The van der Waals surface area contributed by atoms with Crippen LogP contribution in [0.15, 0.2) is 16.0 Å². The van der Waals surface area contributed by atoms with Gasteiger partial charge in [0.25, 0.3) is 0 Å². The van der Waals surface area contributed by atoms with E-state index in [1.165, 1.54) is 5.56 Å². The van der Waals surface area contributed by atoms with Gasteiger partial charge in [-0.3, -0.25) is 0 Å². The summed E-state index contributed by atoms with van der Waals surface area (Å²) in [5.41, 5.74) is 1.21. The molecule has 19 heavy (non-hydrogen) atoms. The highest BCUT2D eigenvalue weighted by Gasteiger charge is 2.11. The van der Waals surface area contributed by atoms with Crippen LogP contribution in [0.25, 0.3) is 0 Å². The molecule has 1 atom stereocenters. The van der Waals surface area contributed by atoms with Gasteiger partial charge in [-0.25, -0.2) is 0 Å². The minimum atomic E-state index is 0.274. The van der Waals surface area contributed by atoms with Gasteiger partial charge in [-0.05, 0) is 23.9 Å². The molecule has 1 N–H and O–H groups in total. The van der Waals surface area contributed by atoms with E-state index in [9.17, 15) is 0 Å². The lowest BCUT2D eigenvalue weighted by Gasteiger charge is -2.10. The van der Waals surface area contributed by atoms with Gasteiger partial charge in [0.05, 0.1) is 4.34 Å². The van der Waals surface area contributed by atoms with Gasteiger partial charge >= 0.3 is 0 Å². The summed E-state index contributed by atoms with van der Waals surface area (Å²) in [5, 5.41) is 9.44. The Morgan fingerprint density at radius 2 is 2.21 bits per heavy atom. The van der Waals surface area contributed by atoms with Crippen molar-refractivity contribution in [2.45, 2.75) is 39.2 Å². The lowest BCUT2D eigenvalue weighted by molar-refractivity contribution is 0.367. The van der Waals surface area contributed by atoms with E-state index in [4.69, 9.17) is 16.1 Å². The molecule has 0 spiro atoms. The van der Waals surface area contributed by atoms with Crippen molar-refractivity contribution < 1.29 is 4.52 Å². The fraction of sp³-hybridized carbons (Fsp3) is 0.538. The van der Waals surface area contributed by atoms with Crippen molar-refractivity contribution in [2.24, 2.45) is 0 Å².